The van der Waals surface area contributed by atoms with Crippen LogP contribution in [-0.4, -0.2) is 38.6 Å². The third-order valence-corrected chi connectivity index (χ3v) is 5.19. The maximum atomic E-state index is 12.7. The molecule has 134 valence electrons. The van der Waals surface area contributed by atoms with E-state index in [9.17, 15) is 4.79 Å². The number of urea groups is 1. The van der Waals surface area contributed by atoms with Crippen LogP contribution in [0.3, 0.4) is 0 Å². The summed E-state index contributed by atoms with van der Waals surface area (Å²) in [5.41, 5.74) is 5.07. The van der Waals surface area contributed by atoms with Crippen molar-refractivity contribution < 1.29 is 4.79 Å². The van der Waals surface area contributed by atoms with Crippen LogP contribution in [0.1, 0.15) is 29.3 Å². The minimum atomic E-state index is -0.0402. The summed E-state index contributed by atoms with van der Waals surface area (Å²) in [4.78, 5) is 23.5. The van der Waals surface area contributed by atoms with Crippen molar-refractivity contribution in [3.63, 3.8) is 0 Å². The number of carbonyl (C=O) groups excluding carboxylic acids is 1. The first-order valence-electron chi connectivity index (χ1n) is 8.92. The molecule has 1 fully saturated rings. The summed E-state index contributed by atoms with van der Waals surface area (Å²) in [5.74, 6) is 1.27. The molecule has 1 aliphatic heterocycles. The number of imidazole rings is 1. The number of rotatable bonds is 2. The Bertz CT molecular complexity index is 977. The summed E-state index contributed by atoms with van der Waals surface area (Å²) in [6, 6.07) is 7.99. The smallest absolute Gasteiger partial charge is 0.321 e. The molecule has 1 aliphatic rings. The van der Waals surface area contributed by atoms with Crippen LogP contribution in [0.15, 0.2) is 36.7 Å². The highest BCUT2D eigenvalue weighted by molar-refractivity contribution is 5.90. The number of anilines is 1. The van der Waals surface area contributed by atoms with E-state index in [-0.39, 0.29) is 11.9 Å². The Balaban J connectivity index is 1.50. The maximum absolute atomic E-state index is 12.7. The summed E-state index contributed by atoms with van der Waals surface area (Å²) in [6.45, 7) is 5.46. The molecular weight excluding hydrogens is 326 g/mol. The van der Waals surface area contributed by atoms with Gasteiger partial charge < -0.3 is 14.8 Å². The summed E-state index contributed by atoms with van der Waals surface area (Å²) in [6.07, 6.45) is 4.52. The van der Waals surface area contributed by atoms with Gasteiger partial charge in [-0.05, 0) is 43.5 Å². The normalized spacial score (nSPS) is 17.0. The van der Waals surface area contributed by atoms with Crippen LogP contribution in [0.2, 0.25) is 0 Å². The lowest BCUT2D eigenvalue weighted by molar-refractivity contribution is 0.222. The maximum Gasteiger partial charge on any atom is 0.321 e. The van der Waals surface area contributed by atoms with Gasteiger partial charge in [0.2, 0.25) is 0 Å². The lowest BCUT2D eigenvalue weighted by atomic mass is 10.1. The summed E-state index contributed by atoms with van der Waals surface area (Å²) in [7, 11) is 2.02. The molecule has 0 spiro atoms. The third kappa shape index (κ3) is 2.92. The van der Waals surface area contributed by atoms with Crippen LogP contribution in [0.5, 0.6) is 0 Å². The van der Waals surface area contributed by atoms with Gasteiger partial charge in [-0.3, -0.25) is 4.98 Å². The second-order valence-electron chi connectivity index (χ2n) is 7.07. The quantitative estimate of drug-likeness (QED) is 0.769. The second kappa shape index (κ2) is 6.44. The lowest BCUT2D eigenvalue weighted by Gasteiger charge is -2.18. The SMILES string of the molecule is Cc1ccc(C)c(NC(=O)N2CC[C@H](c3nc4ccncc4n3C)C2)c1. The molecule has 0 aliphatic carbocycles. The summed E-state index contributed by atoms with van der Waals surface area (Å²) >= 11 is 0. The number of benzene rings is 1. The number of likely N-dealkylation sites (tertiary alicyclic amines) is 1. The molecule has 1 N–H and O–H groups in total. The fourth-order valence-electron chi connectivity index (χ4n) is 3.64. The fourth-order valence-corrected chi connectivity index (χ4v) is 3.64. The van der Waals surface area contributed by atoms with Crippen molar-refractivity contribution in [3.05, 3.63) is 53.6 Å². The number of amides is 2. The molecule has 6 nitrogen and oxygen atoms in total. The molecule has 1 atom stereocenters. The number of hydrogen-bond donors (Lipinski definition) is 1. The highest BCUT2D eigenvalue weighted by Crippen LogP contribution is 2.29. The molecule has 2 aromatic heterocycles. The van der Waals surface area contributed by atoms with E-state index in [0.717, 1.165) is 46.6 Å². The van der Waals surface area contributed by atoms with Crippen LogP contribution in [0.4, 0.5) is 10.5 Å². The average Bonchev–Trinajstić information content (AvgIpc) is 3.24. The van der Waals surface area contributed by atoms with Crippen LogP contribution < -0.4 is 5.32 Å². The monoisotopic (exact) mass is 349 g/mol. The largest absolute Gasteiger partial charge is 0.330 e. The van der Waals surface area contributed by atoms with Crippen molar-refractivity contribution in [2.45, 2.75) is 26.2 Å². The number of carbonyl (C=O) groups is 1. The minimum Gasteiger partial charge on any atom is -0.330 e. The second-order valence-corrected chi connectivity index (χ2v) is 7.07. The number of nitrogens with one attached hydrogen (secondary N) is 1. The molecule has 0 bridgehead atoms. The molecular formula is C20H23N5O. The van der Waals surface area contributed by atoms with Gasteiger partial charge in [0.25, 0.3) is 0 Å². The van der Waals surface area contributed by atoms with E-state index < -0.39 is 0 Å². The van der Waals surface area contributed by atoms with E-state index in [0.29, 0.717) is 6.54 Å². The molecule has 3 heterocycles. The third-order valence-electron chi connectivity index (χ3n) is 5.19. The Morgan fingerprint density at radius 2 is 2.12 bits per heavy atom. The highest BCUT2D eigenvalue weighted by atomic mass is 16.2. The van der Waals surface area contributed by atoms with Crippen LogP contribution in [-0.2, 0) is 7.05 Å². The predicted molar refractivity (Wildman–Crippen MR) is 102 cm³/mol. The van der Waals surface area contributed by atoms with Gasteiger partial charge in [-0.15, -0.1) is 0 Å². The first kappa shape index (κ1) is 16.6. The zero-order chi connectivity index (χ0) is 18.3. The molecule has 6 heteroatoms. The van der Waals surface area contributed by atoms with Gasteiger partial charge >= 0.3 is 6.03 Å². The standard InChI is InChI=1S/C20H23N5O/c1-13-4-5-14(2)17(10-13)23-20(26)25-9-7-15(12-25)19-22-16-6-8-21-11-18(16)24(19)3/h4-6,8,10-11,15H,7,9,12H2,1-3H3,(H,23,26)/t15-/m0/s1. The Morgan fingerprint density at radius 1 is 1.27 bits per heavy atom. The lowest BCUT2D eigenvalue weighted by Crippen LogP contribution is -2.33. The van der Waals surface area contributed by atoms with E-state index in [2.05, 4.69) is 20.9 Å². The zero-order valence-electron chi connectivity index (χ0n) is 15.4. The van der Waals surface area contributed by atoms with Gasteiger partial charge in [0.05, 0.1) is 17.2 Å². The molecule has 0 radical (unpaired) electrons. The number of hydrogen-bond acceptors (Lipinski definition) is 3. The molecule has 4 rings (SSSR count). The van der Waals surface area contributed by atoms with Crippen molar-refractivity contribution in [1.29, 1.82) is 0 Å². The van der Waals surface area contributed by atoms with E-state index in [1.54, 1.807) is 6.20 Å². The van der Waals surface area contributed by atoms with Crippen molar-refractivity contribution in [2.24, 2.45) is 7.05 Å². The first-order chi connectivity index (χ1) is 12.5. The Hall–Kier alpha value is -2.89. The van der Waals surface area contributed by atoms with Crippen molar-refractivity contribution in [1.82, 2.24) is 19.4 Å². The Morgan fingerprint density at radius 3 is 2.92 bits per heavy atom. The number of aromatic nitrogens is 3. The van der Waals surface area contributed by atoms with Gasteiger partial charge in [0.1, 0.15) is 5.82 Å². The predicted octanol–water partition coefficient (Wildman–Crippen LogP) is 3.61. The number of pyridine rings is 1. The van der Waals surface area contributed by atoms with Gasteiger partial charge in [-0.25, -0.2) is 9.78 Å². The van der Waals surface area contributed by atoms with E-state index in [1.807, 2.05) is 50.2 Å². The van der Waals surface area contributed by atoms with Gasteiger partial charge in [-0.2, -0.15) is 0 Å². The first-order valence-corrected chi connectivity index (χ1v) is 8.92. The van der Waals surface area contributed by atoms with Crippen LogP contribution in [0.25, 0.3) is 11.0 Å². The molecule has 0 saturated carbocycles. The Labute approximate surface area is 152 Å². The summed E-state index contributed by atoms with van der Waals surface area (Å²) in [5, 5.41) is 3.06. The van der Waals surface area contributed by atoms with E-state index in [4.69, 9.17) is 4.98 Å². The van der Waals surface area contributed by atoms with E-state index in [1.165, 1.54) is 0 Å². The average molecular weight is 349 g/mol. The zero-order valence-corrected chi connectivity index (χ0v) is 15.4. The number of fused-ring (bicyclic) bond motifs is 1. The van der Waals surface area contributed by atoms with Gasteiger partial charge in [0, 0.05) is 37.9 Å². The fraction of sp³-hybridized carbons (Fsp3) is 0.350. The molecule has 2 amide bonds. The van der Waals surface area contributed by atoms with Crippen molar-refractivity contribution in [2.75, 3.05) is 18.4 Å². The summed E-state index contributed by atoms with van der Waals surface area (Å²) < 4.78 is 2.10. The topological polar surface area (TPSA) is 63.1 Å². The molecule has 26 heavy (non-hydrogen) atoms. The molecule has 1 saturated heterocycles. The van der Waals surface area contributed by atoms with Gasteiger partial charge in [-0.1, -0.05) is 12.1 Å². The van der Waals surface area contributed by atoms with Gasteiger partial charge in [0.15, 0.2) is 0 Å². The van der Waals surface area contributed by atoms with Crippen molar-refractivity contribution in [3.8, 4) is 0 Å². The molecule has 1 aromatic carbocycles. The number of aryl methyl sites for hydroxylation is 3. The molecule has 0 unspecified atom stereocenters. The minimum absolute atomic E-state index is 0.0402. The van der Waals surface area contributed by atoms with E-state index >= 15 is 0 Å². The van der Waals surface area contributed by atoms with Crippen LogP contribution >= 0.6 is 0 Å². The number of nitrogens with zero attached hydrogens (tertiary/aromatic N) is 4. The van der Waals surface area contributed by atoms with Crippen LogP contribution in [0, 0.1) is 13.8 Å². The Kier molecular flexibility index (Phi) is 4.11. The van der Waals surface area contributed by atoms with Crippen molar-refractivity contribution >= 4 is 22.8 Å². The highest BCUT2D eigenvalue weighted by Gasteiger charge is 2.30. The molecule has 3 aromatic rings.